The molecule has 15 heavy (non-hydrogen) atoms. The molecule has 3 unspecified atom stereocenters. The van der Waals surface area contributed by atoms with Crippen molar-refractivity contribution < 1.29 is 0 Å². The average Bonchev–Trinajstić information content (AvgIpc) is 2.58. The van der Waals surface area contributed by atoms with Crippen molar-refractivity contribution in [3.63, 3.8) is 0 Å². The molecule has 5 heteroatoms. The second-order valence-electron chi connectivity index (χ2n) is 4.71. The van der Waals surface area contributed by atoms with Crippen molar-refractivity contribution in [2.75, 3.05) is 0 Å². The van der Waals surface area contributed by atoms with Gasteiger partial charge in [-0.15, -0.1) is 10.2 Å². The molecular formula is C10H19N5. The first kappa shape index (κ1) is 10.5. The van der Waals surface area contributed by atoms with Crippen LogP contribution in [0.15, 0.2) is 0 Å². The topological polar surface area (TPSA) is 69.6 Å². The molecular weight excluding hydrogens is 190 g/mol. The summed E-state index contributed by atoms with van der Waals surface area (Å²) in [7, 11) is 1.80. The molecule has 0 bridgehead atoms. The molecule has 1 aromatic heterocycles. The van der Waals surface area contributed by atoms with Crippen molar-refractivity contribution >= 4 is 0 Å². The molecule has 1 aromatic rings. The molecule has 1 saturated carbocycles. The zero-order chi connectivity index (χ0) is 10.8. The summed E-state index contributed by atoms with van der Waals surface area (Å²) in [6.07, 6.45) is 4.40. The van der Waals surface area contributed by atoms with Gasteiger partial charge < -0.3 is 5.73 Å². The minimum absolute atomic E-state index is 0.364. The number of hydrogen-bond donors (Lipinski definition) is 1. The van der Waals surface area contributed by atoms with Crippen molar-refractivity contribution in [3.05, 3.63) is 5.82 Å². The van der Waals surface area contributed by atoms with Crippen LogP contribution in [-0.4, -0.2) is 26.2 Å². The number of rotatable bonds is 2. The molecule has 1 fully saturated rings. The summed E-state index contributed by atoms with van der Waals surface area (Å²) in [6, 6.07) is 0.364. The molecule has 0 radical (unpaired) electrons. The molecule has 1 heterocycles. The van der Waals surface area contributed by atoms with Crippen LogP contribution in [0.5, 0.6) is 0 Å². The summed E-state index contributed by atoms with van der Waals surface area (Å²) in [6.45, 7) is 2.30. The Morgan fingerprint density at radius 1 is 1.47 bits per heavy atom. The fourth-order valence-corrected chi connectivity index (χ4v) is 2.38. The Bertz CT molecular complexity index is 321. The van der Waals surface area contributed by atoms with E-state index in [4.69, 9.17) is 5.73 Å². The van der Waals surface area contributed by atoms with Gasteiger partial charge in [-0.05, 0) is 36.3 Å². The zero-order valence-corrected chi connectivity index (χ0v) is 9.43. The van der Waals surface area contributed by atoms with E-state index in [1.165, 1.54) is 11.2 Å². The quantitative estimate of drug-likeness (QED) is 0.770. The van der Waals surface area contributed by atoms with Crippen LogP contribution in [0.25, 0.3) is 0 Å². The van der Waals surface area contributed by atoms with Crippen molar-refractivity contribution in [1.82, 2.24) is 20.2 Å². The first-order valence-electron chi connectivity index (χ1n) is 5.63. The van der Waals surface area contributed by atoms with Gasteiger partial charge in [-0.3, -0.25) is 0 Å². The van der Waals surface area contributed by atoms with E-state index in [0.29, 0.717) is 12.0 Å². The van der Waals surface area contributed by atoms with Crippen LogP contribution in [-0.2, 0) is 13.5 Å². The Morgan fingerprint density at radius 3 is 2.93 bits per heavy atom. The second kappa shape index (κ2) is 4.26. The largest absolute Gasteiger partial charge is 0.328 e. The third kappa shape index (κ3) is 2.53. The smallest absolute Gasteiger partial charge is 0.175 e. The lowest BCUT2D eigenvalue weighted by Gasteiger charge is -2.31. The Morgan fingerprint density at radius 2 is 2.27 bits per heavy atom. The highest BCUT2D eigenvalue weighted by molar-refractivity contribution is 4.88. The second-order valence-corrected chi connectivity index (χ2v) is 4.71. The molecule has 0 amide bonds. The van der Waals surface area contributed by atoms with Gasteiger partial charge in [0.2, 0.25) is 0 Å². The monoisotopic (exact) mass is 209 g/mol. The molecule has 1 aliphatic carbocycles. The third-order valence-electron chi connectivity index (χ3n) is 3.40. The first-order valence-corrected chi connectivity index (χ1v) is 5.63. The number of nitrogens with two attached hydrogens (primary N) is 1. The van der Waals surface area contributed by atoms with Gasteiger partial charge in [-0.25, -0.2) is 0 Å². The van der Waals surface area contributed by atoms with E-state index in [1.807, 2.05) is 0 Å². The van der Waals surface area contributed by atoms with Gasteiger partial charge in [0.25, 0.3) is 0 Å². The molecule has 0 spiro atoms. The van der Waals surface area contributed by atoms with Crippen molar-refractivity contribution in [2.24, 2.45) is 24.6 Å². The van der Waals surface area contributed by atoms with Crippen LogP contribution in [0.1, 0.15) is 32.0 Å². The summed E-state index contributed by atoms with van der Waals surface area (Å²) in [5.41, 5.74) is 5.98. The lowest BCUT2D eigenvalue weighted by molar-refractivity contribution is 0.228. The van der Waals surface area contributed by atoms with Crippen molar-refractivity contribution in [2.45, 2.75) is 38.6 Å². The normalized spacial score (nSPS) is 31.8. The van der Waals surface area contributed by atoms with Crippen LogP contribution in [0.4, 0.5) is 0 Å². The van der Waals surface area contributed by atoms with E-state index in [-0.39, 0.29) is 0 Å². The Labute approximate surface area is 90.0 Å². The standard InChI is InChI=1S/C10H19N5/c1-7-3-4-9(11)5-8(7)6-10-12-14-15(2)13-10/h7-9H,3-6,11H2,1-2H3. The SMILES string of the molecule is CC1CCC(N)CC1Cc1nnn(C)n1. The maximum Gasteiger partial charge on any atom is 0.175 e. The average molecular weight is 209 g/mol. The summed E-state index contributed by atoms with van der Waals surface area (Å²) in [5.74, 6) is 2.20. The highest BCUT2D eigenvalue weighted by Crippen LogP contribution is 2.30. The number of aromatic nitrogens is 4. The Balaban J connectivity index is 1.98. The van der Waals surface area contributed by atoms with Crippen LogP contribution < -0.4 is 5.73 Å². The molecule has 3 atom stereocenters. The van der Waals surface area contributed by atoms with Crippen LogP contribution >= 0.6 is 0 Å². The minimum Gasteiger partial charge on any atom is -0.328 e. The summed E-state index contributed by atoms with van der Waals surface area (Å²) < 4.78 is 0. The Hall–Kier alpha value is -0.970. The minimum atomic E-state index is 0.364. The van der Waals surface area contributed by atoms with Crippen LogP contribution in [0.2, 0.25) is 0 Å². The Kier molecular flexibility index (Phi) is 3.00. The van der Waals surface area contributed by atoms with Gasteiger partial charge in [0.1, 0.15) is 0 Å². The molecule has 1 aliphatic rings. The van der Waals surface area contributed by atoms with Crippen molar-refractivity contribution in [1.29, 1.82) is 0 Å². The highest BCUT2D eigenvalue weighted by atomic mass is 15.6. The third-order valence-corrected chi connectivity index (χ3v) is 3.40. The molecule has 84 valence electrons. The zero-order valence-electron chi connectivity index (χ0n) is 9.43. The van der Waals surface area contributed by atoms with E-state index < -0.39 is 0 Å². The number of hydrogen-bond acceptors (Lipinski definition) is 4. The maximum atomic E-state index is 5.98. The van der Waals surface area contributed by atoms with Gasteiger partial charge >= 0.3 is 0 Å². The molecule has 2 N–H and O–H groups in total. The van der Waals surface area contributed by atoms with Crippen molar-refractivity contribution in [3.8, 4) is 0 Å². The molecule has 0 aliphatic heterocycles. The van der Waals surface area contributed by atoms with Gasteiger partial charge in [-0.2, -0.15) is 4.80 Å². The van der Waals surface area contributed by atoms with Gasteiger partial charge in [-0.1, -0.05) is 6.92 Å². The van der Waals surface area contributed by atoms with Gasteiger partial charge in [0.15, 0.2) is 5.82 Å². The predicted octanol–water partition coefficient (Wildman–Crippen LogP) is 0.516. The summed E-state index contributed by atoms with van der Waals surface area (Å²) >= 11 is 0. The number of aryl methyl sites for hydroxylation is 1. The summed E-state index contributed by atoms with van der Waals surface area (Å²) in [5, 5.41) is 12.1. The first-order chi connectivity index (χ1) is 7.15. The van der Waals surface area contributed by atoms with Gasteiger partial charge in [0.05, 0.1) is 7.05 Å². The van der Waals surface area contributed by atoms with Crippen LogP contribution in [0.3, 0.4) is 0 Å². The van der Waals surface area contributed by atoms with E-state index in [9.17, 15) is 0 Å². The number of nitrogens with zero attached hydrogens (tertiary/aromatic N) is 4. The highest BCUT2D eigenvalue weighted by Gasteiger charge is 2.26. The fraction of sp³-hybridized carbons (Fsp3) is 0.900. The molecule has 5 nitrogen and oxygen atoms in total. The van der Waals surface area contributed by atoms with E-state index in [0.717, 1.165) is 31.0 Å². The van der Waals surface area contributed by atoms with Gasteiger partial charge in [0, 0.05) is 12.5 Å². The predicted molar refractivity (Wildman–Crippen MR) is 57.0 cm³/mol. The van der Waals surface area contributed by atoms with E-state index in [1.54, 1.807) is 7.05 Å². The van der Waals surface area contributed by atoms with Crippen LogP contribution in [0, 0.1) is 11.8 Å². The van der Waals surface area contributed by atoms with E-state index in [2.05, 4.69) is 22.3 Å². The molecule has 0 aromatic carbocycles. The summed E-state index contributed by atoms with van der Waals surface area (Å²) in [4.78, 5) is 1.52. The lowest BCUT2D eigenvalue weighted by atomic mass is 9.76. The lowest BCUT2D eigenvalue weighted by Crippen LogP contribution is -2.33. The van der Waals surface area contributed by atoms with E-state index >= 15 is 0 Å². The maximum absolute atomic E-state index is 5.98. The number of tetrazole rings is 1. The molecule has 2 rings (SSSR count). The molecule has 0 saturated heterocycles. The fourth-order valence-electron chi connectivity index (χ4n) is 2.38.